The number of nitrogens with one attached hydrogen (secondary N) is 1. The number of thioether (sulfide) groups is 1. The van der Waals surface area contributed by atoms with Gasteiger partial charge in [0.1, 0.15) is 5.75 Å². The Bertz CT molecular complexity index is 655. The van der Waals surface area contributed by atoms with Gasteiger partial charge in [-0.15, -0.1) is 0 Å². The molecule has 0 bridgehead atoms. The van der Waals surface area contributed by atoms with E-state index in [9.17, 15) is 4.79 Å². The minimum absolute atomic E-state index is 0.0764. The van der Waals surface area contributed by atoms with Gasteiger partial charge >= 0.3 is 0 Å². The van der Waals surface area contributed by atoms with Gasteiger partial charge in [-0.1, -0.05) is 42.0 Å². The van der Waals surface area contributed by atoms with Crippen molar-refractivity contribution in [1.29, 1.82) is 0 Å². The topological polar surface area (TPSA) is 38.3 Å². The highest BCUT2D eigenvalue weighted by Gasteiger charge is 2.13. The van der Waals surface area contributed by atoms with E-state index < -0.39 is 6.10 Å². The molecule has 0 aromatic heterocycles. The molecule has 0 saturated carbocycles. The van der Waals surface area contributed by atoms with Crippen molar-refractivity contribution in [3.63, 3.8) is 0 Å². The lowest BCUT2D eigenvalue weighted by molar-refractivity contribution is -0.127. The summed E-state index contributed by atoms with van der Waals surface area (Å²) < 4.78 is 5.68. The molecule has 0 spiro atoms. The highest BCUT2D eigenvalue weighted by molar-refractivity contribution is 7.98. The Morgan fingerprint density at radius 1 is 1.12 bits per heavy atom. The number of aryl methyl sites for hydroxylation is 2. The summed E-state index contributed by atoms with van der Waals surface area (Å²) in [5, 5.41) is 2.93. The molecule has 0 fully saturated rings. The number of carbonyl (C=O) groups is 1. The number of benzene rings is 2. The minimum Gasteiger partial charge on any atom is -0.481 e. The number of ether oxygens (including phenoxy) is 1. The first-order valence-corrected chi connectivity index (χ1v) is 9.34. The second-order valence-corrected chi connectivity index (χ2v) is 7.01. The van der Waals surface area contributed by atoms with E-state index in [2.05, 4.69) is 36.5 Å². The summed E-state index contributed by atoms with van der Waals surface area (Å²) in [5.74, 6) is 2.50. The van der Waals surface area contributed by atoms with Crippen LogP contribution in [0.4, 0.5) is 0 Å². The van der Waals surface area contributed by atoms with Crippen LogP contribution < -0.4 is 10.1 Å². The molecule has 2 rings (SSSR count). The highest BCUT2D eigenvalue weighted by atomic mass is 32.2. The first-order valence-electron chi connectivity index (χ1n) is 8.19. The fourth-order valence-corrected chi connectivity index (χ4v) is 3.03. The van der Waals surface area contributed by atoms with Gasteiger partial charge in [0.15, 0.2) is 6.10 Å². The SMILES string of the molecule is Cc1ccc(CSCCNC(=O)[C@H](C)Oc2cccc(C)c2)cc1. The average Bonchev–Trinajstić information content (AvgIpc) is 2.56. The summed E-state index contributed by atoms with van der Waals surface area (Å²) in [5.41, 5.74) is 3.71. The molecule has 4 heteroatoms. The normalized spacial score (nSPS) is 11.8. The van der Waals surface area contributed by atoms with Gasteiger partial charge < -0.3 is 10.1 Å². The summed E-state index contributed by atoms with van der Waals surface area (Å²) in [7, 11) is 0. The number of amides is 1. The van der Waals surface area contributed by atoms with Gasteiger partial charge in [-0.05, 0) is 44.0 Å². The van der Waals surface area contributed by atoms with Crippen LogP contribution in [0.5, 0.6) is 5.75 Å². The highest BCUT2D eigenvalue weighted by Crippen LogP contribution is 2.14. The quantitative estimate of drug-likeness (QED) is 0.733. The predicted molar refractivity (Wildman–Crippen MR) is 102 cm³/mol. The van der Waals surface area contributed by atoms with Gasteiger partial charge in [0, 0.05) is 18.1 Å². The Morgan fingerprint density at radius 3 is 2.58 bits per heavy atom. The van der Waals surface area contributed by atoms with E-state index in [-0.39, 0.29) is 5.91 Å². The molecular weight excluding hydrogens is 318 g/mol. The lowest BCUT2D eigenvalue weighted by atomic mass is 10.2. The van der Waals surface area contributed by atoms with Gasteiger partial charge in [-0.2, -0.15) is 11.8 Å². The molecule has 2 aromatic carbocycles. The summed E-state index contributed by atoms with van der Waals surface area (Å²) in [4.78, 5) is 12.1. The molecule has 2 aromatic rings. The molecule has 1 N–H and O–H groups in total. The van der Waals surface area contributed by atoms with Crippen LogP contribution in [0.25, 0.3) is 0 Å². The zero-order valence-corrected chi connectivity index (χ0v) is 15.4. The molecule has 1 amide bonds. The average molecular weight is 343 g/mol. The predicted octanol–water partition coefficient (Wildman–Crippen LogP) is 4.12. The van der Waals surface area contributed by atoms with Gasteiger partial charge in [-0.25, -0.2) is 0 Å². The summed E-state index contributed by atoms with van der Waals surface area (Å²) >= 11 is 1.82. The monoisotopic (exact) mass is 343 g/mol. The molecule has 0 aliphatic rings. The van der Waals surface area contributed by atoms with Crippen molar-refractivity contribution in [2.75, 3.05) is 12.3 Å². The summed E-state index contributed by atoms with van der Waals surface area (Å²) in [6.07, 6.45) is -0.492. The Morgan fingerprint density at radius 2 is 1.88 bits per heavy atom. The molecule has 0 saturated heterocycles. The third-order valence-corrected chi connectivity index (χ3v) is 4.64. The van der Waals surface area contributed by atoms with Crippen LogP contribution in [0.15, 0.2) is 48.5 Å². The van der Waals surface area contributed by atoms with Crippen LogP contribution in [0.1, 0.15) is 23.6 Å². The molecular formula is C20H25NO2S. The minimum atomic E-state index is -0.492. The standard InChI is InChI=1S/C20H25NO2S/c1-15-7-9-18(10-8-15)14-24-12-11-21-20(22)17(3)23-19-6-4-5-16(2)13-19/h4-10,13,17H,11-12,14H2,1-3H3,(H,21,22)/t17-/m0/s1. The fourth-order valence-electron chi connectivity index (χ4n) is 2.21. The Balaban J connectivity index is 1.64. The van der Waals surface area contributed by atoms with Crippen molar-refractivity contribution in [1.82, 2.24) is 5.32 Å². The second kappa shape index (κ2) is 9.38. The van der Waals surface area contributed by atoms with Crippen LogP contribution in [-0.4, -0.2) is 24.3 Å². The third-order valence-electron chi connectivity index (χ3n) is 3.61. The molecule has 0 aliphatic carbocycles. The molecule has 0 radical (unpaired) electrons. The maximum Gasteiger partial charge on any atom is 0.260 e. The third kappa shape index (κ3) is 6.28. The van der Waals surface area contributed by atoms with Crippen LogP contribution in [0, 0.1) is 13.8 Å². The van der Waals surface area contributed by atoms with Crippen molar-refractivity contribution in [2.45, 2.75) is 32.6 Å². The van der Waals surface area contributed by atoms with Crippen LogP contribution >= 0.6 is 11.8 Å². The largest absolute Gasteiger partial charge is 0.481 e. The Labute approximate surface area is 148 Å². The molecule has 1 atom stereocenters. The smallest absolute Gasteiger partial charge is 0.260 e. The van der Waals surface area contributed by atoms with E-state index in [0.29, 0.717) is 6.54 Å². The first-order chi connectivity index (χ1) is 11.5. The van der Waals surface area contributed by atoms with Gasteiger partial charge in [0.25, 0.3) is 5.91 Å². The zero-order valence-electron chi connectivity index (χ0n) is 14.5. The van der Waals surface area contributed by atoms with Crippen LogP contribution in [0.2, 0.25) is 0 Å². The van der Waals surface area contributed by atoms with E-state index in [0.717, 1.165) is 22.8 Å². The van der Waals surface area contributed by atoms with Gasteiger partial charge in [0.05, 0.1) is 0 Å². The molecule has 0 heterocycles. The van der Waals surface area contributed by atoms with Crippen molar-refractivity contribution < 1.29 is 9.53 Å². The number of carbonyl (C=O) groups excluding carboxylic acids is 1. The van der Waals surface area contributed by atoms with E-state index in [4.69, 9.17) is 4.74 Å². The van der Waals surface area contributed by atoms with E-state index in [1.54, 1.807) is 6.92 Å². The van der Waals surface area contributed by atoms with E-state index in [1.807, 2.05) is 43.0 Å². The van der Waals surface area contributed by atoms with Gasteiger partial charge in [0.2, 0.25) is 0 Å². The van der Waals surface area contributed by atoms with Crippen molar-refractivity contribution in [2.24, 2.45) is 0 Å². The molecule has 0 unspecified atom stereocenters. The lowest BCUT2D eigenvalue weighted by Gasteiger charge is -2.15. The summed E-state index contributed by atoms with van der Waals surface area (Å²) in [6, 6.07) is 16.3. The maximum atomic E-state index is 12.1. The van der Waals surface area contributed by atoms with Crippen molar-refractivity contribution in [3.8, 4) is 5.75 Å². The van der Waals surface area contributed by atoms with Gasteiger partial charge in [-0.3, -0.25) is 4.79 Å². The molecule has 24 heavy (non-hydrogen) atoms. The van der Waals surface area contributed by atoms with E-state index in [1.165, 1.54) is 11.1 Å². The molecule has 3 nitrogen and oxygen atoms in total. The Kier molecular flexibility index (Phi) is 7.19. The number of rotatable bonds is 8. The zero-order chi connectivity index (χ0) is 17.4. The second-order valence-electron chi connectivity index (χ2n) is 5.91. The van der Waals surface area contributed by atoms with Crippen LogP contribution in [-0.2, 0) is 10.5 Å². The number of hydrogen-bond acceptors (Lipinski definition) is 3. The first kappa shape index (κ1) is 18.4. The van der Waals surface area contributed by atoms with Crippen molar-refractivity contribution >= 4 is 17.7 Å². The Hall–Kier alpha value is -1.94. The maximum absolute atomic E-state index is 12.1. The number of hydrogen-bond donors (Lipinski definition) is 1. The van der Waals surface area contributed by atoms with Crippen molar-refractivity contribution in [3.05, 3.63) is 65.2 Å². The fraction of sp³-hybridized carbons (Fsp3) is 0.350. The van der Waals surface area contributed by atoms with E-state index >= 15 is 0 Å². The molecule has 0 aliphatic heterocycles. The lowest BCUT2D eigenvalue weighted by Crippen LogP contribution is -2.37. The van der Waals surface area contributed by atoms with Crippen LogP contribution in [0.3, 0.4) is 0 Å². The summed E-state index contributed by atoms with van der Waals surface area (Å²) in [6.45, 7) is 6.52. The molecule has 128 valence electrons.